The fraction of sp³-hybridized carbons (Fsp3) is 0. The summed E-state index contributed by atoms with van der Waals surface area (Å²) in [6.45, 7) is 0. The molecule has 0 fully saturated rings. The Bertz CT molecular complexity index is 688. The number of fused-ring (bicyclic) bond motifs is 1. The van der Waals surface area contributed by atoms with Crippen molar-refractivity contribution in [3.8, 4) is 10.6 Å². The topological polar surface area (TPSA) is 68.0 Å². The van der Waals surface area contributed by atoms with E-state index in [-0.39, 0.29) is 0 Å². The molecule has 5 nitrogen and oxygen atoms in total. The number of rotatable bonds is 1. The van der Waals surface area contributed by atoms with Crippen LogP contribution in [0.15, 0.2) is 36.0 Å². The van der Waals surface area contributed by atoms with Crippen LogP contribution in [0, 0.1) is 0 Å². The van der Waals surface area contributed by atoms with Gasteiger partial charge in [-0.15, -0.1) is 11.3 Å². The van der Waals surface area contributed by atoms with Gasteiger partial charge in [-0.05, 0) is 6.07 Å². The number of carboxylic acid groups (broad SMARTS) is 1. The molecular formula is C11H7N3O2S. The summed E-state index contributed by atoms with van der Waals surface area (Å²) in [6, 6.07) is 7.25. The van der Waals surface area contributed by atoms with Gasteiger partial charge in [-0.3, -0.25) is 4.98 Å². The summed E-state index contributed by atoms with van der Waals surface area (Å²) in [7, 11) is 0. The second kappa shape index (κ2) is 3.67. The standard InChI is InChI=1S/C11H7N3O2S/c15-11(16)14-8-4-2-1-3-7(8)10(13-14)9-5-12-6-17-9/h1-6H,(H,15,16). The van der Waals surface area contributed by atoms with Crippen LogP contribution in [0.25, 0.3) is 21.5 Å². The maximum Gasteiger partial charge on any atom is 0.432 e. The Morgan fingerprint density at radius 3 is 2.88 bits per heavy atom. The summed E-state index contributed by atoms with van der Waals surface area (Å²) in [5.74, 6) is 0. The number of para-hydroxylation sites is 1. The largest absolute Gasteiger partial charge is 0.463 e. The van der Waals surface area contributed by atoms with Crippen molar-refractivity contribution in [2.75, 3.05) is 0 Å². The summed E-state index contributed by atoms with van der Waals surface area (Å²) in [5, 5.41) is 14.0. The van der Waals surface area contributed by atoms with E-state index in [4.69, 9.17) is 5.11 Å². The number of aromatic nitrogens is 3. The number of nitrogens with zero attached hydrogens (tertiary/aromatic N) is 3. The predicted octanol–water partition coefficient (Wildman–Crippen LogP) is 2.69. The van der Waals surface area contributed by atoms with E-state index in [0.29, 0.717) is 11.2 Å². The quantitative estimate of drug-likeness (QED) is 0.715. The van der Waals surface area contributed by atoms with Crippen molar-refractivity contribution in [3.63, 3.8) is 0 Å². The molecule has 3 rings (SSSR count). The molecule has 2 aromatic heterocycles. The molecule has 0 saturated heterocycles. The summed E-state index contributed by atoms with van der Waals surface area (Å²) in [4.78, 5) is 15.9. The molecule has 0 radical (unpaired) electrons. The Balaban J connectivity index is 2.37. The lowest BCUT2D eigenvalue weighted by Gasteiger charge is -1.92. The first-order valence-corrected chi connectivity index (χ1v) is 5.75. The first kappa shape index (κ1) is 9.98. The van der Waals surface area contributed by atoms with E-state index in [0.717, 1.165) is 14.9 Å². The van der Waals surface area contributed by atoms with Gasteiger partial charge in [-0.2, -0.15) is 9.78 Å². The number of hydrogen-bond acceptors (Lipinski definition) is 4. The Morgan fingerprint density at radius 1 is 1.35 bits per heavy atom. The third-order valence-corrected chi connectivity index (χ3v) is 3.21. The zero-order chi connectivity index (χ0) is 11.8. The first-order chi connectivity index (χ1) is 8.27. The van der Waals surface area contributed by atoms with Gasteiger partial charge in [-0.1, -0.05) is 18.2 Å². The molecule has 0 amide bonds. The highest BCUT2D eigenvalue weighted by atomic mass is 32.1. The zero-order valence-corrected chi connectivity index (χ0v) is 9.39. The maximum absolute atomic E-state index is 11.1. The Kier molecular flexibility index (Phi) is 2.15. The van der Waals surface area contributed by atoms with E-state index in [1.54, 1.807) is 23.8 Å². The molecule has 0 aliphatic rings. The molecule has 6 heteroatoms. The molecule has 0 saturated carbocycles. The van der Waals surface area contributed by atoms with Gasteiger partial charge in [0.25, 0.3) is 0 Å². The number of carbonyl (C=O) groups is 1. The highest BCUT2D eigenvalue weighted by Crippen LogP contribution is 2.29. The Morgan fingerprint density at radius 2 is 2.18 bits per heavy atom. The third kappa shape index (κ3) is 1.50. The van der Waals surface area contributed by atoms with Crippen LogP contribution in [0.5, 0.6) is 0 Å². The lowest BCUT2D eigenvalue weighted by Crippen LogP contribution is -2.09. The van der Waals surface area contributed by atoms with Crippen LogP contribution in [0.1, 0.15) is 0 Å². The lowest BCUT2D eigenvalue weighted by atomic mass is 10.2. The molecule has 0 spiro atoms. The normalized spacial score (nSPS) is 10.8. The number of benzene rings is 1. The van der Waals surface area contributed by atoms with Crippen LogP contribution >= 0.6 is 11.3 Å². The molecule has 0 atom stereocenters. The van der Waals surface area contributed by atoms with Gasteiger partial charge in [0.1, 0.15) is 5.69 Å². The number of hydrogen-bond donors (Lipinski definition) is 1. The lowest BCUT2D eigenvalue weighted by molar-refractivity contribution is 0.194. The van der Waals surface area contributed by atoms with Crippen LogP contribution in [0.2, 0.25) is 0 Å². The SMILES string of the molecule is O=C(O)n1nc(-c2cncs2)c2ccccc21. The highest BCUT2D eigenvalue weighted by Gasteiger charge is 2.16. The van der Waals surface area contributed by atoms with Gasteiger partial charge >= 0.3 is 6.09 Å². The Labute approximate surface area is 100.0 Å². The molecule has 2 heterocycles. The van der Waals surface area contributed by atoms with Crippen molar-refractivity contribution in [1.82, 2.24) is 14.8 Å². The Hall–Kier alpha value is -2.21. The van der Waals surface area contributed by atoms with Crippen molar-refractivity contribution < 1.29 is 9.90 Å². The second-order valence-corrected chi connectivity index (χ2v) is 4.31. The van der Waals surface area contributed by atoms with E-state index < -0.39 is 6.09 Å². The van der Waals surface area contributed by atoms with Crippen molar-refractivity contribution in [3.05, 3.63) is 36.0 Å². The maximum atomic E-state index is 11.1. The average Bonchev–Trinajstić information content (AvgIpc) is 2.95. The molecule has 0 unspecified atom stereocenters. The van der Waals surface area contributed by atoms with E-state index in [1.165, 1.54) is 11.3 Å². The van der Waals surface area contributed by atoms with Gasteiger partial charge < -0.3 is 5.11 Å². The predicted molar refractivity (Wildman–Crippen MR) is 64.3 cm³/mol. The van der Waals surface area contributed by atoms with Crippen LogP contribution in [-0.4, -0.2) is 26.0 Å². The van der Waals surface area contributed by atoms with E-state index in [9.17, 15) is 4.79 Å². The minimum absolute atomic E-state index is 0.586. The van der Waals surface area contributed by atoms with Gasteiger partial charge in [0, 0.05) is 11.6 Å². The van der Waals surface area contributed by atoms with Gasteiger partial charge in [0.2, 0.25) is 0 Å². The van der Waals surface area contributed by atoms with Crippen molar-refractivity contribution in [2.24, 2.45) is 0 Å². The fourth-order valence-electron chi connectivity index (χ4n) is 1.73. The van der Waals surface area contributed by atoms with Crippen LogP contribution in [0.4, 0.5) is 4.79 Å². The molecule has 1 aromatic carbocycles. The molecule has 3 aromatic rings. The molecule has 17 heavy (non-hydrogen) atoms. The molecule has 0 bridgehead atoms. The molecular weight excluding hydrogens is 238 g/mol. The van der Waals surface area contributed by atoms with Crippen molar-refractivity contribution in [2.45, 2.75) is 0 Å². The van der Waals surface area contributed by atoms with Crippen LogP contribution in [0.3, 0.4) is 0 Å². The molecule has 0 aliphatic carbocycles. The summed E-state index contributed by atoms with van der Waals surface area (Å²) in [5.41, 5.74) is 2.94. The monoisotopic (exact) mass is 245 g/mol. The van der Waals surface area contributed by atoms with E-state index >= 15 is 0 Å². The molecule has 0 aliphatic heterocycles. The fourth-order valence-corrected chi connectivity index (χ4v) is 2.35. The van der Waals surface area contributed by atoms with Gasteiger partial charge in [0.15, 0.2) is 0 Å². The second-order valence-electron chi connectivity index (χ2n) is 3.43. The van der Waals surface area contributed by atoms with Crippen molar-refractivity contribution >= 4 is 28.3 Å². The van der Waals surface area contributed by atoms with E-state index in [2.05, 4.69) is 10.1 Å². The van der Waals surface area contributed by atoms with Gasteiger partial charge in [0.05, 0.1) is 15.9 Å². The first-order valence-electron chi connectivity index (χ1n) is 4.87. The average molecular weight is 245 g/mol. The van der Waals surface area contributed by atoms with Crippen molar-refractivity contribution in [1.29, 1.82) is 0 Å². The minimum atomic E-state index is -1.09. The summed E-state index contributed by atoms with van der Waals surface area (Å²) in [6.07, 6.45) is 0.600. The third-order valence-electron chi connectivity index (χ3n) is 2.43. The van der Waals surface area contributed by atoms with Crippen LogP contribution < -0.4 is 0 Å². The number of thiazole rings is 1. The minimum Gasteiger partial charge on any atom is -0.463 e. The molecule has 1 N–H and O–H groups in total. The van der Waals surface area contributed by atoms with E-state index in [1.807, 2.05) is 12.1 Å². The summed E-state index contributed by atoms with van der Waals surface area (Å²) < 4.78 is 0.990. The molecule has 84 valence electrons. The van der Waals surface area contributed by atoms with Gasteiger partial charge in [-0.25, -0.2) is 4.79 Å². The summed E-state index contributed by atoms with van der Waals surface area (Å²) >= 11 is 1.44. The smallest absolute Gasteiger partial charge is 0.432 e. The highest BCUT2D eigenvalue weighted by molar-refractivity contribution is 7.13. The zero-order valence-electron chi connectivity index (χ0n) is 8.57. The van der Waals surface area contributed by atoms with Crippen LogP contribution in [-0.2, 0) is 0 Å².